The average molecular weight is 275 g/mol. The smallest absolute Gasteiger partial charge is 0.401 e. The highest BCUT2D eigenvalue weighted by molar-refractivity contribution is 5.29. The van der Waals surface area contributed by atoms with Gasteiger partial charge in [0.05, 0.1) is 6.54 Å². The number of nitrogens with one attached hydrogen (secondary N) is 1. The van der Waals surface area contributed by atoms with E-state index in [1.54, 1.807) is 0 Å². The molecule has 1 atom stereocenters. The fourth-order valence-electron chi connectivity index (χ4n) is 1.60. The van der Waals surface area contributed by atoms with Crippen LogP contribution in [-0.2, 0) is 0 Å². The highest BCUT2D eigenvalue weighted by Gasteiger charge is 2.25. The van der Waals surface area contributed by atoms with E-state index in [-0.39, 0.29) is 13.2 Å². The van der Waals surface area contributed by atoms with Crippen LogP contribution in [0.15, 0.2) is 24.3 Å². The van der Waals surface area contributed by atoms with Gasteiger partial charge in [-0.25, -0.2) is 0 Å². The van der Waals surface area contributed by atoms with Gasteiger partial charge in [-0.05, 0) is 30.0 Å². The lowest BCUT2D eigenvalue weighted by Gasteiger charge is -2.11. The highest BCUT2D eigenvalue weighted by atomic mass is 19.4. The minimum Gasteiger partial charge on any atom is -0.492 e. The molecular weight excluding hydrogens is 255 g/mol. The van der Waals surface area contributed by atoms with Crippen molar-refractivity contribution in [2.75, 3.05) is 19.7 Å². The summed E-state index contributed by atoms with van der Waals surface area (Å²) in [6.45, 7) is 3.69. The molecule has 5 heteroatoms. The van der Waals surface area contributed by atoms with Crippen molar-refractivity contribution < 1.29 is 17.9 Å². The predicted molar refractivity (Wildman–Crippen MR) is 69.6 cm³/mol. The fraction of sp³-hybridized carbons (Fsp3) is 0.571. The molecule has 1 unspecified atom stereocenters. The first-order chi connectivity index (χ1) is 8.92. The summed E-state index contributed by atoms with van der Waals surface area (Å²) < 4.78 is 40.9. The van der Waals surface area contributed by atoms with Crippen molar-refractivity contribution in [3.05, 3.63) is 29.8 Å². The number of benzene rings is 1. The molecule has 2 nitrogen and oxygen atoms in total. The minimum absolute atomic E-state index is 0.173. The summed E-state index contributed by atoms with van der Waals surface area (Å²) in [5, 5.41) is 2.28. The molecule has 0 aromatic heterocycles. The molecule has 1 aromatic rings. The zero-order valence-electron chi connectivity index (χ0n) is 11.3. The van der Waals surface area contributed by atoms with Gasteiger partial charge >= 0.3 is 6.18 Å². The normalized spacial score (nSPS) is 13.3. The first-order valence-electron chi connectivity index (χ1n) is 6.42. The van der Waals surface area contributed by atoms with Gasteiger partial charge in [-0.3, -0.25) is 0 Å². The second-order valence-electron chi connectivity index (χ2n) is 4.52. The van der Waals surface area contributed by atoms with Crippen LogP contribution in [0.1, 0.15) is 31.7 Å². The molecule has 0 saturated carbocycles. The first kappa shape index (κ1) is 15.8. The van der Waals surface area contributed by atoms with Crippen LogP contribution in [0.25, 0.3) is 0 Å². The zero-order chi connectivity index (χ0) is 14.3. The minimum atomic E-state index is -4.17. The van der Waals surface area contributed by atoms with Crippen molar-refractivity contribution in [1.29, 1.82) is 0 Å². The van der Waals surface area contributed by atoms with Crippen LogP contribution in [-0.4, -0.2) is 25.9 Å². The summed E-state index contributed by atoms with van der Waals surface area (Å²) in [5.74, 6) is 1.18. The number of halogens is 3. The number of ether oxygens (including phenoxy) is 1. The molecule has 1 aromatic carbocycles. The maximum atomic E-state index is 11.9. The molecule has 0 aliphatic heterocycles. The average Bonchev–Trinajstić information content (AvgIpc) is 2.37. The standard InChI is InChI=1S/C14H20F3NO/c1-3-11(2)12-4-6-13(7-5-12)19-9-8-18-10-14(15,16)17/h4-7,11,18H,3,8-10H2,1-2H3. The van der Waals surface area contributed by atoms with E-state index < -0.39 is 12.7 Å². The van der Waals surface area contributed by atoms with Crippen LogP contribution in [0.4, 0.5) is 13.2 Å². The van der Waals surface area contributed by atoms with E-state index in [2.05, 4.69) is 19.2 Å². The Labute approximate surface area is 112 Å². The van der Waals surface area contributed by atoms with E-state index >= 15 is 0 Å². The van der Waals surface area contributed by atoms with E-state index in [4.69, 9.17) is 4.74 Å². The van der Waals surface area contributed by atoms with Gasteiger partial charge in [-0.2, -0.15) is 13.2 Å². The van der Waals surface area contributed by atoms with Gasteiger partial charge in [0.1, 0.15) is 12.4 Å². The van der Waals surface area contributed by atoms with Gasteiger partial charge in [-0.1, -0.05) is 26.0 Å². The molecular formula is C14H20F3NO. The summed E-state index contributed by atoms with van der Waals surface area (Å²) in [6.07, 6.45) is -3.10. The maximum absolute atomic E-state index is 11.9. The first-order valence-corrected chi connectivity index (χ1v) is 6.42. The highest BCUT2D eigenvalue weighted by Crippen LogP contribution is 2.21. The SMILES string of the molecule is CCC(C)c1ccc(OCCNCC(F)(F)F)cc1. The molecule has 0 heterocycles. The predicted octanol–water partition coefficient (Wildman–Crippen LogP) is 3.73. The summed E-state index contributed by atoms with van der Waals surface area (Å²) in [4.78, 5) is 0. The number of alkyl halides is 3. The van der Waals surface area contributed by atoms with Crippen molar-refractivity contribution in [2.45, 2.75) is 32.4 Å². The molecule has 1 N–H and O–H groups in total. The van der Waals surface area contributed by atoms with E-state index in [1.165, 1.54) is 5.56 Å². The third-order valence-corrected chi connectivity index (χ3v) is 2.93. The quantitative estimate of drug-likeness (QED) is 0.766. The lowest BCUT2D eigenvalue weighted by atomic mass is 9.99. The molecule has 0 aliphatic rings. The Morgan fingerprint density at radius 3 is 2.37 bits per heavy atom. The third kappa shape index (κ3) is 6.47. The summed E-state index contributed by atoms with van der Waals surface area (Å²) >= 11 is 0. The second kappa shape index (κ2) is 7.38. The Balaban J connectivity index is 2.27. The van der Waals surface area contributed by atoms with Gasteiger partial charge < -0.3 is 10.1 Å². The monoisotopic (exact) mass is 275 g/mol. The number of rotatable bonds is 7. The van der Waals surface area contributed by atoms with Crippen LogP contribution >= 0.6 is 0 Å². The number of hydrogen-bond acceptors (Lipinski definition) is 2. The van der Waals surface area contributed by atoms with E-state index in [0.717, 1.165) is 6.42 Å². The van der Waals surface area contributed by atoms with Crippen molar-refractivity contribution >= 4 is 0 Å². The van der Waals surface area contributed by atoms with Gasteiger partial charge in [0, 0.05) is 6.54 Å². The van der Waals surface area contributed by atoms with E-state index in [1.807, 2.05) is 24.3 Å². The maximum Gasteiger partial charge on any atom is 0.401 e. The number of hydrogen-bond donors (Lipinski definition) is 1. The summed E-state index contributed by atoms with van der Waals surface area (Å²) in [5.41, 5.74) is 1.24. The second-order valence-corrected chi connectivity index (χ2v) is 4.52. The molecule has 108 valence electrons. The summed E-state index contributed by atoms with van der Waals surface area (Å²) in [7, 11) is 0. The van der Waals surface area contributed by atoms with Crippen molar-refractivity contribution in [1.82, 2.24) is 5.32 Å². The molecule has 0 aliphatic carbocycles. The molecule has 19 heavy (non-hydrogen) atoms. The lowest BCUT2D eigenvalue weighted by molar-refractivity contribution is -0.124. The molecule has 0 saturated heterocycles. The molecule has 0 bridgehead atoms. The molecule has 1 rings (SSSR count). The van der Waals surface area contributed by atoms with E-state index in [9.17, 15) is 13.2 Å². The van der Waals surface area contributed by atoms with Crippen molar-refractivity contribution in [2.24, 2.45) is 0 Å². The Kier molecular flexibility index (Phi) is 6.15. The van der Waals surface area contributed by atoms with Crippen LogP contribution in [0.2, 0.25) is 0 Å². The summed E-state index contributed by atoms with van der Waals surface area (Å²) in [6, 6.07) is 7.69. The molecule has 0 amide bonds. The molecule has 0 fully saturated rings. The van der Waals surface area contributed by atoms with Gasteiger partial charge in [-0.15, -0.1) is 0 Å². The zero-order valence-corrected chi connectivity index (χ0v) is 11.3. The van der Waals surface area contributed by atoms with Gasteiger partial charge in [0.25, 0.3) is 0 Å². The molecule has 0 spiro atoms. The van der Waals surface area contributed by atoms with Crippen LogP contribution in [0, 0.1) is 0 Å². The third-order valence-electron chi connectivity index (χ3n) is 2.93. The fourth-order valence-corrected chi connectivity index (χ4v) is 1.60. The van der Waals surface area contributed by atoms with Crippen molar-refractivity contribution in [3.8, 4) is 5.75 Å². The topological polar surface area (TPSA) is 21.3 Å². The Hall–Kier alpha value is -1.23. The Bertz CT molecular complexity index is 362. The van der Waals surface area contributed by atoms with Crippen LogP contribution in [0.3, 0.4) is 0 Å². The van der Waals surface area contributed by atoms with Crippen LogP contribution < -0.4 is 10.1 Å². The lowest BCUT2D eigenvalue weighted by Crippen LogP contribution is -2.31. The van der Waals surface area contributed by atoms with Crippen LogP contribution in [0.5, 0.6) is 5.75 Å². The van der Waals surface area contributed by atoms with E-state index in [0.29, 0.717) is 11.7 Å². The van der Waals surface area contributed by atoms with Gasteiger partial charge in [0.2, 0.25) is 0 Å². The Morgan fingerprint density at radius 1 is 1.21 bits per heavy atom. The van der Waals surface area contributed by atoms with Gasteiger partial charge in [0.15, 0.2) is 0 Å². The Morgan fingerprint density at radius 2 is 1.84 bits per heavy atom. The van der Waals surface area contributed by atoms with Crippen molar-refractivity contribution in [3.63, 3.8) is 0 Å². The molecule has 0 radical (unpaired) electrons. The largest absolute Gasteiger partial charge is 0.492 e.